The van der Waals surface area contributed by atoms with Crippen LogP contribution in [-0.2, 0) is 6.42 Å². The number of benzene rings is 1. The smallest absolute Gasteiger partial charge is 0.122 e. The predicted octanol–water partition coefficient (Wildman–Crippen LogP) is 4.27. The summed E-state index contributed by atoms with van der Waals surface area (Å²) in [5.74, 6) is 0.972. The standard InChI is InChI=1S/C17H23NOS/c1-5-18-16(15-10-12(2)20-13(15)3)11-14-8-6-7-9-17(14)19-4/h6-10,16,18H,5,11H2,1-4H3. The van der Waals surface area contributed by atoms with Gasteiger partial charge in [0.25, 0.3) is 0 Å². The Balaban J connectivity index is 2.28. The van der Waals surface area contributed by atoms with Crippen LogP contribution in [0, 0.1) is 13.8 Å². The molecule has 0 spiro atoms. The largest absolute Gasteiger partial charge is 0.496 e. The number of para-hydroxylation sites is 1. The maximum atomic E-state index is 5.47. The zero-order valence-electron chi connectivity index (χ0n) is 12.7. The van der Waals surface area contributed by atoms with Crippen molar-refractivity contribution in [1.82, 2.24) is 5.32 Å². The molecule has 20 heavy (non-hydrogen) atoms. The monoisotopic (exact) mass is 289 g/mol. The molecule has 1 N–H and O–H groups in total. The quantitative estimate of drug-likeness (QED) is 0.857. The first-order valence-corrected chi connectivity index (χ1v) is 7.89. The van der Waals surface area contributed by atoms with E-state index >= 15 is 0 Å². The van der Waals surface area contributed by atoms with E-state index in [9.17, 15) is 0 Å². The highest BCUT2D eigenvalue weighted by atomic mass is 32.1. The number of aryl methyl sites for hydroxylation is 2. The van der Waals surface area contributed by atoms with Crippen molar-refractivity contribution < 1.29 is 4.74 Å². The van der Waals surface area contributed by atoms with Crippen LogP contribution in [0.15, 0.2) is 30.3 Å². The van der Waals surface area contributed by atoms with Crippen LogP contribution >= 0.6 is 11.3 Å². The van der Waals surface area contributed by atoms with Crippen LogP contribution < -0.4 is 10.1 Å². The minimum atomic E-state index is 0.348. The number of rotatable bonds is 6. The topological polar surface area (TPSA) is 21.3 Å². The molecule has 0 aliphatic heterocycles. The second-order valence-corrected chi connectivity index (χ2v) is 6.46. The average molecular weight is 289 g/mol. The van der Waals surface area contributed by atoms with Crippen molar-refractivity contribution in [3.05, 3.63) is 51.2 Å². The Labute approximate surface area is 125 Å². The first-order chi connectivity index (χ1) is 9.65. The normalized spacial score (nSPS) is 12.4. The van der Waals surface area contributed by atoms with E-state index < -0.39 is 0 Å². The van der Waals surface area contributed by atoms with Crippen molar-refractivity contribution in [2.24, 2.45) is 0 Å². The van der Waals surface area contributed by atoms with Gasteiger partial charge in [0.2, 0.25) is 0 Å². The summed E-state index contributed by atoms with van der Waals surface area (Å²) >= 11 is 1.87. The Morgan fingerprint density at radius 2 is 2.00 bits per heavy atom. The number of hydrogen-bond acceptors (Lipinski definition) is 3. The summed E-state index contributed by atoms with van der Waals surface area (Å²) in [6.45, 7) is 7.50. The van der Waals surface area contributed by atoms with Crippen molar-refractivity contribution in [3.63, 3.8) is 0 Å². The van der Waals surface area contributed by atoms with Crippen molar-refractivity contribution in [2.75, 3.05) is 13.7 Å². The van der Waals surface area contributed by atoms with Gasteiger partial charge >= 0.3 is 0 Å². The molecule has 2 aromatic rings. The summed E-state index contributed by atoms with van der Waals surface area (Å²) in [4.78, 5) is 2.78. The Hall–Kier alpha value is -1.32. The van der Waals surface area contributed by atoms with Gasteiger partial charge in [-0.05, 0) is 50.1 Å². The van der Waals surface area contributed by atoms with Gasteiger partial charge < -0.3 is 10.1 Å². The van der Waals surface area contributed by atoms with E-state index in [2.05, 4.69) is 44.3 Å². The molecule has 0 aliphatic rings. The van der Waals surface area contributed by atoms with Gasteiger partial charge in [-0.15, -0.1) is 11.3 Å². The molecule has 1 unspecified atom stereocenters. The fraction of sp³-hybridized carbons (Fsp3) is 0.412. The highest BCUT2D eigenvalue weighted by Crippen LogP contribution is 2.30. The van der Waals surface area contributed by atoms with E-state index in [1.807, 2.05) is 23.5 Å². The van der Waals surface area contributed by atoms with Gasteiger partial charge in [0.05, 0.1) is 7.11 Å². The molecule has 2 rings (SSSR count). The molecule has 0 saturated carbocycles. The van der Waals surface area contributed by atoms with Crippen LogP contribution in [0.1, 0.15) is 33.8 Å². The van der Waals surface area contributed by atoms with Gasteiger partial charge in [0, 0.05) is 15.8 Å². The molecule has 108 valence electrons. The lowest BCUT2D eigenvalue weighted by Gasteiger charge is -2.19. The average Bonchev–Trinajstić information content (AvgIpc) is 2.78. The van der Waals surface area contributed by atoms with Gasteiger partial charge in [0.1, 0.15) is 5.75 Å². The lowest BCUT2D eigenvalue weighted by Crippen LogP contribution is -2.23. The van der Waals surface area contributed by atoms with E-state index in [0.717, 1.165) is 18.7 Å². The van der Waals surface area contributed by atoms with Crippen LogP contribution in [-0.4, -0.2) is 13.7 Å². The number of nitrogens with one attached hydrogen (secondary N) is 1. The maximum Gasteiger partial charge on any atom is 0.122 e. The Morgan fingerprint density at radius 3 is 2.60 bits per heavy atom. The number of likely N-dealkylation sites (N-methyl/N-ethyl adjacent to an activating group) is 1. The molecule has 1 aromatic carbocycles. The Kier molecular flexibility index (Phi) is 5.21. The first kappa shape index (κ1) is 15.1. The highest BCUT2D eigenvalue weighted by molar-refractivity contribution is 7.12. The van der Waals surface area contributed by atoms with Gasteiger partial charge in [-0.25, -0.2) is 0 Å². The van der Waals surface area contributed by atoms with Crippen LogP contribution in [0.3, 0.4) is 0 Å². The Bertz CT molecular complexity index is 562. The zero-order chi connectivity index (χ0) is 14.5. The van der Waals surface area contributed by atoms with Crippen LogP contribution in [0.25, 0.3) is 0 Å². The van der Waals surface area contributed by atoms with Gasteiger partial charge in [-0.1, -0.05) is 25.1 Å². The third-order valence-corrected chi connectivity index (χ3v) is 4.50. The first-order valence-electron chi connectivity index (χ1n) is 7.08. The molecular formula is C17H23NOS. The van der Waals surface area contributed by atoms with Crippen LogP contribution in [0.4, 0.5) is 0 Å². The fourth-order valence-corrected chi connectivity index (χ4v) is 3.61. The number of ether oxygens (including phenoxy) is 1. The molecule has 0 saturated heterocycles. The molecule has 0 bridgehead atoms. The molecular weight excluding hydrogens is 266 g/mol. The maximum absolute atomic E-state index is 5.47. The molecule has 1 aromatic heterocycles. The van der Waals surface area contributed by atoms with E-state index in [4.69, 9.17) is 4.74 Å². The molecule has 0 fully saturated rings. The van der Waals surface area contributed by atoms with Crippen LogP contribution in [0.2, 0.25) is 0 Å². The Morgan fingerprint density at radius 1 is 1.25 bits per heavy atom. The third kappa shape index (κ3) is 3.41. The second-order valence-electron chi connectivity index (χ2n) is 4.99. The third-order valence-electron chi connectivity index (χ3n) is 3.52. The minimum absolute atomic E-state index is 0.348. The lowest BCUT2D eigenvalue weighted by molar-refractivity contribution is 0.405. The molecule has 0 radical (unpaired) electrons. The molecule has 1 heterocycles. The summed E-state index contributed by atoms with van der Waals surface area (Å²) < 4.78 is 5.47. The van der Waals surface area contributed by atoms with Crippen molar-refractivity contribution in [1.29, 1.82) is 0 Å². The van der Waals surface area contributed by atoms with Gasteiger partial charge in [0.15, 0.2) is 0 Å². The van der Waals surface area contributed by atoms with E-state index in [0.29, 0.717) is 6.04 Å². The van der Waals surface area contributed by atoms with Crippen molar-refractivity contribution in [3.8, 4) is 5.75 Å². The lowest BCUT2D eigenvalue weighted by atomic mass is 9.98. The molecule has 2 nitrogen and oxygen atoms in total. The number of thiophene rings is 1. The molecule has 0 aliphatic carbocycles. The highest BCUT2D eigenvalue weighted by Gasteiger charge is 2.17. The van der Waals surface area contributed by atoms with Crippen molar-refractivity contribution >= 4 is 11.3 Å². The van der Waals surface area contributed by atoms with Crippen LogP contribution in [0.5, 0.6) is 5.75 Å². The van der Waals surface area contributed by atoms with Crippen molar-refractivity contribution in [2.45, 2.75) is 33.2 Å². The molecule has 0 amide bonds. The predicted molar refractivity (Wildman–Crippen MR) is 86.9 cm³/mol. The summed E-state index contributed by atoms with van der Waals surface area (Å²) in [5, 5.41) is 3.60. The summed E-state index contributed by atoms with van der Waals surface area (Å²) in [6.07, 6.45) is 0.953. The fourth-order valence-electron chi connectivity index (χ4n) is 2.63. The molecule has 3 heteroatoms. The minimum Gasteiger partial charge on any atom is -0.496 e. The second kappa shape index (κ2) is 6.91. The summed E-state index contributed by atoms with van der Waals surface area (Å²) in [7, 11) is 1.74. The van der Waals surface area contributed by atoms with E-state index in [-0.39, 0.29) is 0 Å². The number of hydrogen-bond donors (Lipinski definition) is 1. The molecule has 1 atom stereocenters. The SMILES string of the molecule is CCNC(Cc1ccccc1OC)c1cc(C)sc1C. The van der Waals surface area contributed by atoms with Gasteiger partial charge in [-0.2, -0.15) is 0 Å². The zero-order valence-corrected chi connectivity index (χ0v) is 13.5. The summed E-state index contributed by atoms with van der Waals surface area (Å²) in [6, 6.07) is 10.9. The number of methoxy groups -OCH3 is 1. The van der Waals surface area contributed by atoms with Gasteiger partial charge in [-0.3, -0.25) is 0 Å². The van der Waals surface area contributed by atoms with E-state index in [1.54, 1.807) is 7.11 Å². The summed E-state index contributed by atoms with van der Waals surface area (Å²) in [5.41, 5.74) is 2.67. The van der Waals surface area contributed by atoms with E-state index in [1.165, 1.54) is 20.9 Å².